The third-order valence-corrected chi connectivity index (χ3v) is 4.01. The second-order valence-corrected chi connectivity index (χ2v) is 5.64. The van der Waals surface area contributed by atoms with Crippen LogP contribution >= 0.6 is 0 Å². The van der Waals surface area contributed by atoms with Gasteiger partial charge < -0.3 is 10.4 Å². The molecule has 20 heavy (non-hydrogen) atoms. The van der Waals surface area contributed by atoms with Gasteiger partial charge in [-0.25, -0.2) is 0 Å². The first kappa shape index (κ1) is 14.7. The molecule has 0 amide bonds. The van der Waals surface area contributed by atoms with Gasteiger partial charge in [0.1, 0.15) is 6.07 Å². The van der Waals surface area contributed by atoms with Crippen LogP contribution in [-0.4, -0.2) is 17.3 Å². The van der Waals surface area contributed by atoms with E-state index < -0.39 is 17.8 Å². The van der Waals surface area contributed by atoms with Gasteiger partial charge in [0.25, 0.3) is 0 Å². The number of aliphatic hydroxyl groups is 1. The molecule has 2 unspecified atom stereocenters. The molecule has 0 bridgehead atoms. The maximum atomic E-state index is 12.6. The molecule has 0 saturated heterocycles. The lowest BCUT2D eigenvalue weighted by molar-refractivity contribution is -0.137. The molecule has 2 atom stereocenters. The fraction of sp³-hybridized carbons (Fsp3) is 0.500. The van der Waals surface area contributed by atoms with Crippen molar-refractivity contribution in [2.45, 2.75) is 38.6 Å². The molecule has 2 rings (SSSR count). The molecule has 1 aliphatic carbocycles. The van der Waals surface area contributed by atoms with Crippen LogP contribution in [0.4, 0.5) is 18.9 Å². The number of alkyl halides is 3. The number of aliphatic hydroxyl groups excluding tert-OH is 1. The van der Waals surface area contributed by atoms with Gasteiger partial charge in [0.05, 0.1) is 22.9 Å². The van der Waals surface area contributed by atoms with Gasteiger partial charge in [-0.2, -0.15) is 18.4 Å². The third-order valence-electron chi connectivity index (χ3n) is 4.01. The van der Waals surface area contributed by atoms with E-state index >= 15 is 0 Å². The fourth-order valence-corrected chi connectivity index (χ4v) is 2.27. The van der Waals surface area contributed by atoms with Crippen LogP contribution < -0.4 is 5.32 Å². The molecular formula is C14H15F3N2O. The SMILES string of the molecule is CC1(C)C(O)CC1Nc1ccc(C(F)(F)F)cc1C#N. The van der Waals surface area contributed by atoms with Crippen molar-refractivity contribution in [2.24, 2.45) is 5.41 Å². The topological polar surface area (TPSA) is 56.0 Å². The van der Waals surface area contributed by atoms with Crippen molar-refractivity contribution in [1.82, 2.24) is 0 Å². The van der Waals surface area contributed by atoms with Crippen molar-refractivity contribution in [2.75, 3.05) is 5.32 Å². The lowest BCUT2D eigenvalue weighted by atomic mass is 9.64. The van der Waals surface area contributed by atoms with Crippen LogP contribution in [-0.2, 0) is 6.18 Å². The first-order valence-corrected chi connectivity index (χ1v) is 6.22. The molecule has 0 aromatic heterocycles. The maximum absolute atomic E-state index is 12.6. The van der Waals surface area contributed by atoms with E-state index in [0.717, 1.165) is 12.1 Å². The zero-order chi connectivity index (χ0) is 15.1. The minimum absolute atomic E-state index is 0.0444. The van der Waals surface area contributed by atoms with Gasteiger partial charge in [-0.3, -0.25) is 0 Å². The Morgan fingerprint density at radius 1 is 1.40 bits per heavy atom. The number of hydrogen-bond acceptors (Lipinski definition) is 3. The monoisotopic (exact) mass is 284 g/mol. The van der Waals surface area contributed by atoms with Gasteiger partial charge in [-0.1, -0.05) is 13.8 Å². The van der Waals surface area contributed by atoms with Crippen LogP contribution in [0.2, 0.25) is 0 Å². The Hall–Kier alpha value is -1.74. The normalized spacial score (nSPS) is 24.6. The van der Waals surface area contributed by atoms with E-state index in [9.17, 15) is 18.3 Å². The number of anilines is 1. The smallest absolute Gasteiger partial charge is 0.392 e. The Bertz CT molecular complexity index is 561. The van der Waals surface area contributed by atoms with Crippen LogP contribution in [0, 0.1) is 16.7 Å². The van der Waals surface area contributed by atoms with E-state index in [4.69, 9.17) is 5.26 Å². The van der Waals surface area contributed by atoms with Crippen molar-refractivity contribution in [1.29, 1.82) is 5.26 Å². The van der Waals surface area contributed by atoms with Gasteiger partial charge in [0.2, 0.25) is 0 Å². The zero-order valence-electron chi connectivity index (χ0n) is 11.1. The maximum Gasteiger partial charge on any atom is 0.416 e. The summed E-state index contributed by atoms with van der Waals surface area (Å²) in [5.74, 6) is 0. The van der Waals surface area contributed by atoms with Crippen molar-refractivity contribution in [3.8, 4) is 6.07 Å². The number of nitrogens with zero attached hydrogens (tertiary/aromatic N) is 1. The van der Waals surface area contributed by atoms with Crippen molar-refractivity contribution < 1.29 is 18.3 Å². The number of rotatable bonds is 2. The van der Waals surface area contributed by atoms with Crippen LogP contribution in [0.25, 0.3) is 0 Å². The van der Waals surface area contributed by atoms with Crippen LogP contribution in [0.5, 0.6) is 0 Å². The number of nitriles is 1. The summed E-state index contributed by atoms with van der Waals surface area (Å²) in [4.78, 5) is 0. The molecule has 108 valence electrons. The number of nitrogens with one attached hydrogen (secondary N) is 1. The van der Waals surface area contributed by atoms with Crippen LogP contribution in [0.3, 0.4) is 0 Å². The van der Waals surface area contributed by atoms with Gasteiger partial charge in [0, 0.05) is 11.5 Å². The van der Waals surface area contributed by atoms with Gasteiger partial charge in [0.15, 0.2) is 0 Å². The third kappa shape index (κ3) is 2.46. The standard InChI is InChI=1S/C14H15F3N2O/c1-13(2)11(6-12(13)20)19-10-4-3-9(14(15,16)17)5-8(10)7-18/h3-5,11-12,19-20H,6H2,1-2H3. The molecule has 2 N–H and O–H groups in total. The second kappa shape index (κ2) is 4.67. The van der Waals surface area contributed by atoms with E-state index in [2.05, 4.69) is 5.32 Å². The number of hydrogen-bond donors (Lipinski definition) is 2. The van der Waals surface area contributed by atoms with E-state index in [1.54, 1.807) is 6.07 Å². The molecule has 1 aliphatic rings. The van der Waals surface area contributed by atoms with Crippen molar-refractivity contribution >= 4 is 5.69 Å². The van der Waals surface area contributed by atoms with Crippen LogP contribution in [0.15, 0.2) is 18.2 Å². The first-order valence-electron chi connectivity index (χ1n) is 6.22. The van der Waals surface area contributed by atoms with E-state index in [-0.39, 0.29) is 17.0 Å². The molecule has 1 aromatic carbocycles. The average molecular weight is 284 g/mol. The van der Waals surface area contributed by atoms with Gasteiger partial charge >= 0.3 is 6.18 Å². The molecule has 1 fully saturated rings. The number of benzene rings is 1. The predicted octanol–water partition coefficient (Wildman–Crippen LogP) is 3.15. The summed E-state index contributed by atoms with van der Waals surface area (Å²) < 4.78 is 37.8. The minimum atomic E-state index is -4.46. The Kier molecular flexibility index (Phi) is 3.42. The van der Waals surface area contributed by atoms with Crippen molar-refractivity contribution in [3.63, 3.8) is 0 Å². The summed E-state index contributed by atoms with van der Waals surface area (Å²) in [7, 11) is 0. The molecular weight excluding hydrogens is 269 g/mol. The molecule has 0 aliphatic heterocycles. The van der Waals surface area contributed by atoms with E-state index in [1.165, 1.54) is 6.07 Å². The zero-order valence-corrected chi connectivity index (χ0v) is 11.1. The minimum Gasteiger partial charge on any atom is -0.392 e. The summed E-state index contributed by atoms with van der Waals surface area (Å²) in [6.45, 7) is 3.74. The summed E-state index contributed by atoms with van der Waals surface area (Å²) in [6.07, 6.45) is -4.39. The summed E-state index contributed by atoms with van der Waals surface area (Å²) in [6, 6.07) is 4.76. The molecule has 1 saturated carbocycles. The van der Waals surface area contributed by atoms with Gasteiger partial charge in [-0.05, 0) is 24.6 Å². The highest BCUT2D eigenvalue weighted by Gasteiger charge is 2.47. The highest BCUT2D eigenvalue weighted by molar-refractivity contribution is 5.60. The van der Waals surface area contributed by atoms with E-state index in [0.29, 0.717) is 12.1 Å². The largest absolute Gasteiger partial charge is 0.416 e. The van der Waals surface area contributed by atoms with Crippen molar-refractivity contribution in [3.05, 3.63) is 29.3 Å². The second-order valence-electron chi connectivity index (χ2n) is 5.64. The fourth-order valence-electron chi connectivity index (χ4n) is 2.27. The molecule has 0 radical (unpaired) electrons. The molecule has 1 aromatic rings. The molecule has 0 spiro atoms. The van der Waals surface area contributed by atoms with Gasteiger partial charge in [-0.15, -0.1) is 0 Å². The highest BCUT2D eigenvalue weighted by Crippen LogP contribution is 2.43. The first-order chi connectivity index (χ1) is 9.16. The quantitative estimate of drug-likeness (QED) is 0.877. The van der Waals surface area contributed by atoms with Crippen LogP contribution in [0.1, 0.15) is 31.4 Å². The number of halogens is 3. The Labute approximate surface area is 115 Å². The predicted molar refractivity (Wildman–Crippen MR) is 68.0 cm³/mol. The summed E-state index contributed by atoms with van der Waals surface area (Å²) >= 11 is 0. The molecule has 6 heteroatoms. The molecule has 3 nitrogen and oxygen atoms in total. The summed E-state index contributed by atoms with van der Waals surface area (Å²) in [5, 5.41) is 21.7. The Morgan fingerprint density at radius 2 is 2.05 bits per heavy atom. The highest BCUT2D eigenvalue weighted by atomic mass is 19.4. The van der Waals surface area contributed by atoms with E-state index in [1.807, 2.05) is 13.8 Å². The average Bonchev–Trinajstić information content (AvgIpc) is 2.37. The Morgan fingerprint density at radius 3 is 2.50 bits per heavy atom. The Balaban J connectivity index is 2.24. The molecule has 0 heterocycles. The summed E-state index contributed by atoms with van der Waals surface area (Å²) in [5.41, 5.74) is -0.884. The lowest BCUT2D eigenvalue weighted by Gasteiger charge is -2.50. The lowest BCUT2D eigenvalue weighted by Crippen LogP contribution is -2.57.